The number of thiazole rings is 1. The summed E-state index contributed by atoms with van der Waals surface area (Å²) in [7, 11) is 1.58. The average Bonchev–Trinajstić information content (AvgIpc) is 3.24. The van der Waals surface area contributed by atoms with Gasteiger partial charge in [0.15, 0.2) is 4.80 Å². The van der Waals surface area contributed by atoms with Crippen molar-refractivity contribution in [1.82, 2.24) is 4.57 Å². The van der Waals surface area contributed by atoms with Gasteiger partial charge in [-0.05, 0) is 48.4 Å². The van der Waals surface area contributed by atoms with Crippen molar-refractivity contribution >= 4 is 29.1 Å². The molecule has 0 saturated heterocycles. The van der Waals surface area contributed by atoms with E-state index in [1.807, 2.05) is 42.5 Å². The maximum absolute atomic E-state index is 13.8. The first-order valence-electron chi connectivity index (χ1n) is 11.7. The highest BCUT2D eigenvalue weighted by Gasteiger charge is 2.35. The average molecular weight is 513 g/mol. The number of esters is 1. The van der Waals surface area contributed by atoms with E-state index in [1.54, 1.807) is 61.1 Å². The summed E-state index contributed by atoms with van der Waals surface area (Å²) in [6.07, 6.45) is 1.75. The quantitative estimate of drug-likeness (QED) is 0.399. The summed E-state index contributed by atoms with van der Waals surface area (Å²) in [5, 5.41) is 9.62. The molecule has 5 rings (SSSR count). The van der Waals surface area contributed by atoms with Crippen LogP contribution in [0.5, 0.6) is 11.5 Å². The van der Waals surface area contributed by atoms with Crippen LogP contribution in [0.2, 0.25) is 0 Å². The largest absolute Gasteiger partial charge is 0.508 e. The molecule has 3 aromatic carbocycles. The first-order valence-corrected chi connectivity index (χ1v) is 12.5. The van der Waals surface area contributed by atoms with Crippen LogP contribution in [0.25, 0.3) is 11.8 Å². The third kappa shape index (κ3) is 4.71. The van der Waals surface area contributed by atoms with Gasteiger partial charge in [0.1, 0.15) is 11.5 Å². The number of phenolic OH excluding ortho intramolecular Hbond substituents is 1. The van der Waals surface area contributed by atoms with Gasteiger partial charge in [-0.25, -0.2) is 9.79 Å². The Balaban J connectivity index is 1.81. The second-order valence-corrected chi connectivity index (χ2v) is 9.31. The van der Waals surface area contributed by atoms with E-state index in [9.17, 15) is 14.7 Å². The zero-order valence-electron chi connectivity index (χ0n) is 20.3. The molecule has 1 aliphatic rings. The Labute approximate surface area is 216 Å². The van der Waals surface area contributed by atoms with Crippen LogP contribution in [0.4, 0.5) is 0 Å². The molecule has 37 heavy (non-hydrogen) atoms. The number of phenols is 1. The molecule has 0 saturated carbocycles. The number of carbonyl (C=O) groups excluding carboxylic acids is 1. The summed E-state index contributed by atoms with van der Waals surface area (Å²) in [4.78, 5) is 32.5. The first-order chi connectivity index (χ1) is 18.0. The van der Waals surface area contributed by atoms with Crippen LogP contribution in [0, 0.1) is 0 Å². The van der Waals surface area contributed by atoms with E-state index >= 15 is 0 Å². The number of nitrogens with zero attached hydrogens (tertiary/aromatic N) is 2. The fourth-order valence-electron chi connectivity index (χ4n) is 4.26. The van der Waals surface area contributed by atoms with E-state index in [4.69, 9.17) is 14.5 Å². The lowest BCUT2D eigenvalue weighted by Crippen LogP contribution is -2.40. The van der Waals surface area contributed by atoms with Gasteiger partial charge in [0, 0.05) is 5.56 Å². The Morgan fingerprint density at radius 2 is 1.76 bits per heavy atom. The van der Waals surface area contributed by atoms with Crippen LogP contribution < -0.4 is 19.6 Å². The molecule has 1 aliphatic heterocycles. The highest BCUT2D eigenvalue weighted by Crippen LogP contribution is 2.35. The topological polar surface area (TPSA) is 90.1 Å². The highest BCUT2D eigenvalue weighted by molar-refractivity contribution is 7.07. The molecular weight excluding hydrogens is 488 g/mol. The van der Waals surface area contributed by atoms with Crippen molar-refractivity contribution in [2.45, 2.75) is 13.0 Å². The van der Waals surface area contributed by atoms with Gasteiger partial charge >= 0.3 is 5.97 Å². The predicted molar refractivity (Wildman–Crippen MR) is 142 cm³/mol. The lowest BCUT2D eigenvalue weighted by atomic mass is 9.93. The minimum Gasteiger partial charge on any atom is -0.508 e. The molecule has 0 radical (unpaired) electrons. The molecule has 1 aromatic heterocycles. The maximum Gasteiger partial charge on any atom is 0.338 e. The third-order valence-corrected chi connectivity index (χ3v) is 6.98. The van der Waals surface area contributed by atoms with Gasteiger partial charge in [-0.3, -0.25) is 9.36 Å². The van der Waals surface area contributed by atoms with Gasteiger partial charge < -0.3 is 14.6 Å². The number of aromatic nitrogens is 1. The number of benzene rings is 3. The number of carbonyl (C=O) groups is 1. The Kier molecular flexibility index (Phi) is 6.74. The summed E-state index contributed by atoms with van der Waals surface area (Å²) >= 11 is 1.25. The molecule has 0 bridgehead atoms. The van der Waals surface area contributed by atoms with E-state index in [0.29, 0.717) is 26.4 Å². The number of ether oxygens (including phenoxy) is 2. The molecule has 2 heterocycles. The van der Waals surface area contributed by atoms with E-state index < -0.39 is 12.0 Å². The van der Waals surface area contributed by atoms with E-state index in [-0.39, 0.29) is 17.9 Å². The summed E-state index contributed by atoms with van der Waals surface area (Å²) < 4.78 is 12.8. The number of hydrogen-bond acceptors (Lipinski definition) is 7. The van der Waals surface area contributed by atoms with Crippen molar-refractivity contribution in [2.75, 3.05) is 13.7 Å². The molecule has 186 valence electrons. The molecule has 4 aromatic rings. The number of aromatic hydroxyl groups is 1. The first kappa shape index (κ1) is 24.3. The van der Waals surface area contributed by atoms with Crippen molar-refractivity contribution in [3.05, 3.63) is 121 Å². The van der Waals surface area contributed by atoms with Crippen molar-refractivity contribution in [3.8, 4) is 11.5 Å². The van der Waals surface area contributed by atoms with Gasteiger partial charge in [0.05, 0.1) is 35.6 Å². The van der Waals surface area contributed by atoms with Crippen LogP contribution in [0.3, 0.4) is 0 Å². The Bertz CT molecular complexity index is 1650. The molecular formula is C29H24N2O5S. The Morgan fingerprint density at radius 3 is 2.41 bits per heavy atom. The van der Waals surface area contributed by atoms with Crippen LogP contribution in [0.15, 0.2) is 94.2 Å². The number of fused-ring (bicyclic) bond motifs is 1. The predicted octanol–water partition coefficient (Wildman–Crippen LogP) is 3.65. The molecule has 1 atom stereocenters. The molecule has 1 N–H and O–H groups in total. The van der Waals surface area contributed by atoms with Crippen LogP contribution in [0.1, 0.15) is 29.7 Å². The minimum atomic E-state index is -0.751. The van der Waals surface area contributed by atoms with Gasteiger partial charge in [-0.1, -0.05) is 65.9 Å². The molecule has 8 heteroatoms. The van der Waals surface area contributed by atoms with Crippen molar-refractivity contribution < 1.29 is 19.4 Å². The Morgan fingerprint density at radius 1 is 1.05 bits per heavy atom. The van der Waals surface area contributed by atoms with E-state index in [0.717, 1.165) is 16.7 Å². The van der Waals surface area contributed by atoms with Crippen LogP contribution in [-0.4, -0.2) is 29.4 Å². The second-order valence-electron chi connectivity index (χ2n) is 8.30. The SMILES string of the molecule is CCOC(=O)C1=C(c2ccccc2)N=c2s/c(=C/c3ccc(O)cc3)c(=O)n2C1c1ccc(OC)cc1. The van der Waals surface area contributed by atoms with Crippen molar-refractivity contribution in [1.29, 1.82) is 0 Å². The maximum atomic E-state index is 13.8. The smallest absolute Gasteiger partial charge is 0.338 e. The number of rotatable bonds is 6. The molecule has 0 amide bonds. The minimum absolute atomic E-state index is 0.143. The van der Waals surface area contributed by atoms with E-state index in [1.165, 1.54) is 11.3 Å². The fraction of sp³-hybridized carbons (Fsp3) is 0.138. The molecule has 7 nitrogen and oxygen atoms in total. The van der Waals surface area contributed by atoms with E-state index in [2.05, 4.69) is 0 Å². The zero-order chi connectivity index (χ0) is 25.9. The van der Waals surface area contributed by atoms with Gasteiger partial charge in [0.25, 0.3) is 5.56 Å². The van der Waals surface area contributed by atoms with Crippen molar-refractivity contribution in [2.24, 2.45) is 4.99 Å². The lowest BCUT2D eigenvalue weighted by molar-refractivity contribution is -0.138. The second kappa shape index (κ2) is 10.3. The molecule has 0 fully saturated rings. The third-order valence-electron chi connectivity index (χ3n) is 6.00. The lowest BCUT2D eigenvalue weighted by Gasteiger charge is -2.26. The van der Waals surface area contributed by atoms with Gasteiger partial charge in [-0.2, -0.15) is 0 Å². The highest BCUT2D eigenvalue weighted by atomic mass is 32.1. The van der Waals surface area contributed by atoms with Gasteiger partial charge in [-0.15, -0.1) is 0 Å². The Hall–Kier alpha value is -4.43. The van der Waals surface area contributed by atoms with Gasteiger partial charge in [0.2, 0.25) is 0 Å². The summed E-state index contributed by atoms with van der Waals surface area (Å²) in [6, 6.07) is 22.5. The zero-order valence-corrected chi connectivity index (χ0v) is 21.1. The van der Waals surface area contributed by atoms with Crippen LogP contribution >= 0.6 is 11.3 Å². The summed E-state index contributed by atoms with van der Waals surface area (Å²) in [6.45, 7) is 1.93. The van der Waals surface area contributed by atoms with Crippen LogP contribution in [-0.2, 0) is 9.53 Å². The molecule has 1 unspecified atom stereocenters. The normalized spacial score (nSPS) is 15.2. The van der Waals surface area contributed by atoms with Crippen molar-refractivity contribution in [3.63, 3.8) is 0 Å². The summed E-state index contributed by atoms with van der Waals surface area (Å²) in [5.74, 6) is 0.275. The summed E-state index contributed by atoms with van der Waals surface area (Å²) in [5.41, 5.74) is 2.73. The monoisotopic (exact) mass is 512 g/mol. The molecule has 0 spiro atoms. The number of hydrogen-bond donors (Lipinski definition) is 1. The standard InChI is InChI=1S/C29H24N2O5S/c1-3-36-28(34)24-25(19-7-5-4-6-8-19)30-29-31(26(24)20-11-15-22(35-2)16-12-20)27(33)23(37-29)17-18-9-13-21(32)14-10-18/h4-17,26,32H,3H2,1-2H3/b23-17+. The fourth-order valence-corrected chi connectivity index (χ4v) is 5.26. The number of methoxy groups -OCH3 is 1. The molecule has 0 aliphatic carbocycles.